The van der Waals surface area contributed by atoms with Gasteiger partial charge in [-0.05, 0) is 42.7 Å². The van der Waals surface area contributed by atoms with Gasteiger partial charge in [-0.15, -0.1) is 0 Å². The van der Waals surface area contributed by atoms with Gasteiger partial charge < -0.3 is 21.1 Å². The summed E-state index contributed by atoms with van der Waals surface area (Å²) in [5.41, 5.74) is 17.3. The lowest BCUT2D eigenvalue weighted by molar-refractivity contribution is 0.386. The number of fused-ring (bicyclic) bond motifs is 1. The van der Waals surface area contributed by atoms with Crippen LogP contribution in [0.4, 0.5) is 15.9 Å². The lowest BCUT2D eigenvalue weighted by Crippen LogP contribution is -2.43. The van der Waals surface area contributed by atoms with E-state index in [1.165, 1.54) is 13.2 Å². The van der Waals surface area contributed by atoms with Crippen molar-refractivity contribution in [3.05, 3.63) is 66.1 Å². The normalized spacial score (nSPS) is 16.3. The van der Waals surface area contributed by atoms with Crippen LogP contribution in [0.25, 0.3) is 16.9 Å². The van der Waals surface area contributed by atoms with Crippen molar-refractivity contribution in [2.75, 3.05) is 30.8 Å². The summed E-state index contributed by atoms with van der Waals surface area (Å²) in [4.78, 5) is 15.5. The van der Waals surface area contributed by atoms with E-state index in [1.807, 2.05) is 35.1 Å². The largest absolute Gasteiger partial charge is 0.494 e. The number of nitrogens with zero attached hydrogens (tertiary/aromatic N) is 5. The van der Waals surface area contributed by atoms with Crippen molar-refractivity contribution < 1.29 is 9.13 Å². The molecule has 4 heterocycles. The minimum absolute atomic E-state index is 0.128. The molecule has 1 aliphatic rings. The van der Waals surface area contributed by atoms with Gasteiger partial charge in [0, 0.05) is 55.4 Å². The van der Waals surface area contributed by atoms with Gasteiger partial charge in [0.15, 0.2) is 23.0 Å². The molecule has 0 unspecified atom stereocenters. The molecule has 1 saturated heterocycles. The van der Waals surface area contributed by atoms with Gasteiger partial charge >= 0.3 is 0 Å². The zero-order valence-electron chi connectivity index (χ0n) is 18.4. The van der Waals surface area contributed by atoms with Crippen LogP contribution in [0.1, 0.15) is 24.1 Å². The Hall–Kier alpha value is -3.72. The number of ether oxygens (including phenoxy) is 1. The molecule has 33 heavy (non-hydrogen) atoms. The van der Waals surface area contributed by atoms with Crippen LogP contribution in [0.5, 0.6) is 5.75 Å². The van der Waals surface area contributed by atoms with Gasteiger partial charge in [-0.2, -0.15) is 0 Å². The van der Waals surface area contributed by atoms with Crippen molar-refractivity contribution >= 4 is 17.2 Å². The Morgan fingerprint density at radius 2 is 2.06 bits per heavy atom. The van der Waals surface area contributed by atoms with E-state index in [9.17, 15) is 4.39 Å². The molecule has 0 amide bonds. The molecule has 8 nitrogen and oxygen atoms in total. The summed E-state index contributed by atoms with van der Waals surface area (Å²) < 4.78 is 21.4. The highest BCUT2D eigenvalue weighted by Gasteiger charge is 2.21. The number of piperidine rings is 1. The summed E-state index contributed by atoms with van der Waals surface area (Å²) in [7, 11) is 1.45. The van der Waals surface area contributed by atoms with Crippen molar-refractivity contribution in [1.29, 1.82) is 0 Å². The second kappa shape index (κ2) is 8.67. The number of halogens is 1. The second-order valence-electron chi connectivity index (χ2n) is 8.33. The number of nitrogen functional groups attached to an aromatic ring is 1. The van der Waals surface area contributed by atoms with Crippen LogP contribution in [0.15, 0.2) is 49.1 Å². The number of rotatable bonds is 5. The minimum Gasteiger partial charge on any atom is -0.494 e. The number of anilines is 2. The molecule has 0 radical (unpaired) electrons. The van der Waals surface area contributed by atoms with E-state index < -0.39 is 5.82 Å². The third-order valence-electron chi connectivity index (χ3n) is 6.12. The van der Waals surface area contributed by atoms with E-state index >= 15 is 0 Å². The first-order valence-corrected chi connectivity index (χ1v) is 10.9. The number of imidazole rings is 1. The quantitative estimate of drug-likeness (QED) is 0.484. The molecule has 1 atom stereocenters. The van der Waals surface area contributed by atoms with Crippen LogP contribution in [-0.4, -0.2) is 45.6 Å². The monoisotopic (exact) mass is 447 g/mol. The predicted molar refractivity (Wildman–Crippen MR) is 126 cm³/mol. The summed E-state index contributed by atoms with van der Waals surface area (Å²) in [5.74, 6) is 0.166. The summed E-state index contributed by atoms with van der Waals surface area (Å²) in [6.07, 6.45) is 9.84. The van der Waals surface area contributed by atoms with E-state index in [-0.39, 0.29) is 11.8 Å². The lowest BCUT2D eigenvalue weighted by Gasteiger charge is -2.34. The van der Waals surface area contributed by atoms with Crippen LogP contribution >= 0.6 is 0 Å². The number of nitrogens with two attached hydrogens (primary N) is 2. The lowest BCUT2D eigenvalue weighted by atomic mass is 10.0. The molecule has 0 spiro atoms. The fourth-order valence-corrected chi connectivity index (χ4v) is 4.44. The molecule has 9 heteroatoms. The Labute approximate surface area is 191 Å². The molecular formula is C24H26FN7O. The molecule has 0 aliphatic carbocycles. The maximum Gasteiger partial charge on any atom is 0.180 e. The van der Waals surface area contributed by atoms with Gasteiger partial charge in [0.2, 0.25) is 0 Å². The van der Waals surface area contributed by atoms with E-state index in [2.05, 4.69) is 19.9 Å². The average Bonchev–Trinajstić information content (AvgIpc) is 3.23. The van der Waals surface area contributed by atoms with Crippen LogP contribution in [-0.2, 0) is 6.42 Å². The highest BCUT2D eigenvalue weighted by molar-refractivity contribution is 5.66. The number of benzene rings is 1. The van der Waals surface area contributed by atoms with E-state index in [0.29, 0.717) is 29.1 Å². The Bertz CT molecular complexity index is 1310. The summed E-state index contributed by atoms with van der Waals surface area (Å²) in [6.45, 7) is 1.69. The second-order valence-corrected chi connectivity index (χ2v) is 8.33. The highest BCUT2D eigenvalue weighted by atomic mass is 19.1. The molecule has 0 saturated carbocycles. The Kier molecular flexibility index (Phi) is 5.55. The van der Waals surface area contributed by atoms with Crippen molar-refractivity contribution in [3.8, 4) is 17.0 Å². The van der Waals surface area contributed by atoms with Crippen LogP contribution in [0.2, 0.25) is 0 Å². The first-order chi connectivity index (χ1) is 16.0. The molecule has 0 bridgehead atoms. The van der Waals surface area contributed by atoms with Gasteiger partial charge in [-0.3, -0.25) is 9.38 Å². The fourth-order valence-electron chi connectivity index (χ4n) is 4.44. The Morgan fingerprint density at radius 3 is 2.85 bits per heavy atom. The summed E-state index contributed by atoms with van der Waals surface area (Å²) >= 11 is 0. The number of hydrogen-bond acceptors (Lipinski definition) is 7. The standard InChI is InChI=1S/C24H26FN7O/c1-33-22-5-4-15(10-19(22)25)20-11-16(21(13-29-20)31-7-2-3-17(26)14-31)9-18-12-30-24-23(27)28-6-8-32(18)24/h4-6,8,10-13,17H,2-3,7,9,14,26H2,1H3,(H2,27,28)/t17-/m1/s1. The number of aromatic nitrogens is 4. The maximum atomic E-state index is 14.4. The molecular weight excluding hydrogens is 421 g/mol. The average molecular weight is 448 g/mol. The summed E-state index contributed by atoms with van der Waals surface area (Å²) in [5, 5.41) is 0. The number of methoxy groups -OCH3 is 1. The van der Waals surface area contributed by atoms with Gasteiger partial charge in [-0.1, -0.05) is 0 Å². The van der Waals surface area contributed by atoms with Gasteiger partial charge in [-0.25, -0.2) is 14.4 Å². The van der Waals surface area contributed by atoms with E-state index in [4.69, 9.17) is 16.2 Å². The Balaban J connectivity index is 1.58. The predicted octanol–water partition coefficient (Wildman–Crippen LogP) is 3.04. The van der Waals surface area contributed by atoms with Crippen LogP contribution < -0.4 is 21.1 Å². The van der Waals surface area contributed by atoms with Crippen LogP contribution in [0, 0.1) is 5.82 Å². The molecule has 4 N–H and O–H groups in total. The topological polar surface area (TPSA) is 108 Å². The third-order valence-corrected chi connectivity index (χ3v) is 6.12. The van der Waals surface area contributed by atoms with Crippen molar-refractivity contribution in [3.63, 3.8) is 0 Å². The SMILES string of the molecule is COc1ccc(-c2cc(Cc3cnc4c(N)nccn34)c(N3CCC[C@@H](N)C3)cn2)cc1F. The van der Waals surface area contributed by atoms with Gasteiger partial charge in [0.25, 0.3) is 0 Å². The van der Waals surface area contributed by atoms with Gasteiger partial charge in [0.05, 0.1) is 24.7 Å². The zero-order chi connectivity index (χ0) is 22.9. The van der Waals surface area contributed by atoms with Crippen molar-refractivity contribution in [2.45, 2.75) is 25.3 Å². The number of hydrogen-bond donors (Lipinski definition) is 2. The Morgan fingerprint density at radius 1 is 1.18 bits per heavy atom. The molecule has 1 aromatic carbocycles. The highest BCUT2D eigenvalue weighted by Crippen LogP contribution is 2.31. The molecule has 1 fully saturated rings. The molecule has 3 aromatic heterocycles. The molecule has 5 rings (SSSR count). The number of pyridine rings is 1. The fraction of sp³-hybridized carbons (Fsp3) is 0.292. The van der Waals surface area contributed by atoms with E-state index in [0.717, 1.165) is 42.9 Å². The summed E-state index contributed by atoms with van der Waals surface area (Å²) in [6, 6.07) is 7.01. The zero-order valence-corrected chi connectivity index (χ0v) is 18.4. The first-order valence-electron chi connectivity index (χ1n) is 10.9. The van der Waals surface area contributed by atoms with Crippen molar-refractivity contribution in [1.82, 2.24) is 19.4 Å². The first kappa shape index (κ1) is 21.1. The van der Waals surface area contributed by atoms with Crippen LogP contribution in [0.3, 0.4) is 0 Å². The van der Waals surface area contributed by atoms with Gasteiger partial charge in [0.1, 0.15) is 0 Å². The maximum absolute atomic E-state index is 14.4. The molecule has 170 valence electrons. The minimum atomic E-state index is -0.422. The van der Waals surface area contributed by atoms with E-state index in [1.54, 1.807) is 12.3 Å². The molecule has 4 aromatic rings. The molecule has 1 aliphatic heterocycles. The third kappa shape index (κ3) is 4.07. The smallest absolute Gasteiger partial charge is 0.180 e. The van der Waals surface area contributed by atoms with Crippen molar-refractivity contribution in [2.24, 2.45) is 5.73 Å².